The molecular weight excluding hydrogens is 492 g/mol. The number of esters is 1. The Morgan fingerprint density at radius 2 is 1.81 bits per heavy atom. The number of halogens is 2. The van der Waals surface area contributed by atoms with Crippen molar-refractivity contribution in [2.45, 2.75) is 31.6 Å². The molecule has 0 bridgehead atoms. The van der Waals surface area contributed by atoms with Crippen LogP contribution < -0.4 is 4.74 Å². The van der Waals surface area contributed by atoms with Gasteiger partial charge in [0.1, 0.15) is 27.2 Å². The Morgan fingerprint density at radius 3 is 2.35 bits per heavy atom. The van der Waals surface area contributed by atoms with Crippen molar-refractivity contribution in [3.05, 3.63) is 49.9 Å². The highest BCUT2D eigenvalue weighted by molar-refractivity contribution is 9.11. The first-order valence-corrected chi connectivity index (χ1v) is 10.4. The van der Waals surface area contributed by atoms with Crippen molar-refractivity contribution in [1.82, 2.24) is 0 Å². The van der Waals surface area contributed by atoms with Gasteiger partial charge in [-0.2, -0.15) is 0 Å². The number of hydrogen-bond donors (Lipinski definition) is 1. The van der Waals surface area contributed by atoms with E-state index in [2.05, 4.69) is 31.9 Å². The number of aryl methyl sites for hydroxylation is 1. The highest BCUT2D eigenvalue weighted by Gasteiger charge is 2.21. The van der Waals surface area contributed by atoms with Crippen LogP contribution in [0.4, 0.5) is 0 Å². The summed E-state index contributed by atoms with van der Waals surface area (Å²) in [5.41, 5.74) is 0.496. The van der Waals surface area contributed by atoms with Gasteiger partial charge in [0.2, 0.25) is 0 Å². The number of phenols is 1. The fourth-order valence-electron chi connectivity index (χ4n) is 2.33. The molecule has 0 saturated carbocycles. The highest BCUT2D eigenvalue weighted by atomic mass is 79.9. The molecule has 2 rings (SSSR count). The molecule has 0 saturated heterocycles. The van der Waals surface area contributed by atoms with E-state index in [1.165, 1.54) is 25.1 Å². The van der Waals surface area contributed by atoms with Gasteiger partial charge >= 0.3 is 5.97 Å². The molecule has 0 aliphatic carbocycles. The molecule has 0 radical (unpaired) electrons. The summed E-state index contributed by atoms with van der Waals surface area (Å²) in [5.74, 6) is -1.26. The van der Waals surface area contributed by atoms with Crippen molar-refractivity contribution in [2.24, 2.45) is 0 Å². The lowest BCUT2D eigenvalue weighted by Gasteiger charge is -2.19. The van der Waals surface area contributed by atoms with Crippen LogP contribution in [0.1, 0.15) is 41.3 Å². The maximum Gasteiger partial charge on any atom is 0.347 e. The third-order valence-electron chi connectivity index (χ3n) is 3.65. The van der Waals surface area contributed by atoms with Crippen LogP contribution in [0.15, 0.2) is 38.1 Å². The summed E-state index contributed by atoms with van der Waals surface area (Å²) in [5, 5.41) is 10.0. The van der Waals surface area contributed by atoms with E-state index in [1.54, 1.807) is 19.9 Å². The lowest BCUT2D eigenvalue weighted by atomic mass is 10.0. The first-order valence-electron chi connectivity index (χ1n) is 7.42. The summed E-state index contributed by atoms with van der Waals surface area (Å²) in [7, 11) is -4.66. The zero-order chi connectivity index (χ0) is 19.8. The summed E-state index contributed by atoms with van der Waals surface area (Å²) in [6, 6.07) is 5.53. The molecule has 0 heterocycles. The topological polar surface area (TPSA) is 104 Å². The van der Waals surface area contributed by atoms with E-state index in [0.717, 1.165) is 0 Å². The van der Waals surface area contributed by atoms with Crippen LogP contribution in [-0.2, 0) is 10.1 Å². The highest BCUT2D eigenvalue weighted by Crippen LogP contribution is 2.34. The Balaban J connectivity index is 2.51. The van der Waals surface area contributed by atoms with Crippen molar-refractivity contribution in [3.63, 3.8) is 0 Å². The molecule has 2 aromatic rings. The van der Waals surface area contributed by atoms with Crippen LogP contribution >= 0.6 is 31.9 Å². The zero-order valence-corrected chi connectivity index (χ0v) is 18.0. The molecule has 0 atom stereocenters. The maximum absolute atomic E-state index is 12.5. The third kappa shape index (κ3) is 4.46. The number of carbonyl (C=O) groups is 1. The molecule has 1 N–H and O–H groups in total. The summed E-state index contributed by atoms with van der Waals surface area (Å²) >= 11 is 6.36. The van der Waals surface area contributed by atoms with Gasteiger partial charge in [0.15, 0.2) is 0 Å². The first-order chi connectivity index (χ1) is 11.9. The standard InChI is InChI=1S/C17H16Br2O6S/c1-8(2)11-7-14(9(3)4-15(11)26(22,23)24)25-17(21)12-5-10(18)6-13(19)16(12)20/h4-8,20H,1-3H3,(H,22,23,24)/p-1. The number of ether oxygens (including phenoxy) is 1. The van der Waals surface area contributed by atoms with E-state index in [4.69, 9.17) is 4.74 Å². The van der Waals surface area contributed by atoms with Crippen LogP contribution in [0, 0.1) is 6.92 Å². The summed E-state index contributed by atoms with van der Waals surface area (Å²) in [4.78, 5) is 12.1. The number of aromatic hydroxyl groups is 1. The third-order valence-corrected chi connectivity index (χ3v) is 5.60. The van der Waals surface area contributed by atoms with E-state index < -0.39 is 16.1 Å². The van der Waals surface area contributed by atoms with E-state index in [9.17, 15) is 22.9 Å². The largest absolute Gasteiger partial charge is 0.744 e. The quantitative estimate of drug-likeness (QED) is 0.372. The molecule has 0 aliphatic rings. The molecule has 9 heteroatoms. The first kappa shape index (κ1) is 20.9. The molecule has 0 spiro atoms. The molecular formula is C17H15Br2O6S-. The van der Waals surface area contributed by atoms with Crippen LogP contribution in [0.5, 0.6) is 11.5 Å². The Hall–Kier alpha value is -1.42. The summed E-state index contributed by atoms with van der Waals surface area (Å²) in [6.07, 6.45) is 0. The maximum atomic E-state index is 12.5. The predicted molar refractivity (Wildman–Crippen MR) is 102 cm³/mol. The number of benzene rings is 2. The Labute approximate surface area is 168 Å². The molecule has 0 amide bonds. The second-order valence-corrected chi connectivity index (χ2v) is 9.06. The van der Waals surface area contributed by atoms with Crippen molar-refractivity contribution < 1.29 is 27.6 Å². The molecule has 0 unspecified atom stereocenters. The van der Waals surface area contributed by atoms with Crippen molar-refractivity contribution in [2.75, 3.05) is 0 Å². The molecule has 140 valence electrons. The minimum atomic E-state index is -4.66. The number of phenolic OH excluding ortho intramolecular Hbond substituents is 1. The van der Waals surface area contributed by atoms with Crippen LogP contribution in [0.25, 0.3) is 0 Å². The molecule has 6 nitrogen and oxygen atoms in total. The Morgan fingerprint density at radius 1 is 1.19 bits per heavy atom. The van der Waals surface area contributed by atoms with Gasteiger partial charge in [0.05, 0.1) is 9.37 Å². The zero-order valence-electron chi connectivity index (χ0n) is 14.0. The lowest BCUT2D eigenvalue weighted by Crippen LogP contribution is -2.12. The van der Waals surface area contributed by atoms with E-state index in [1.807, 2.05) is 0 Å². The van der Waals surface area contributed by atoms with Gasteiger partial charge in [-0.1, -0.05) is 29.8 Å². The molecule has 0 fully saturated rings. The minimum Gasteiger partial charge on any atom is -0.744 e. The Bertz CT molecular complexity index is 983. The van der Waals surface area contributed by atoms with Crippen molar-refractivity contribution in [3.8, 4) is 11.5 Å². The van der Waals surface area contributed by atoms with Gasteiger partial charge < -0.3 is 14.4 Å². The number of hydrogen-bond acceptors (Lipinski definition) is 6. The van der Waals surface area contributed by atoms with Gasteiger partial charge in [-0.15, -0.1) is 0 Å². The fourth-order valence-corrected chi connectivity index (χ4v) is 4.46. The van der Waals surface area contributed by atoms with Gasteiger partial charge in [-0.05, 0) is 64.2 Å². The molecule has 2 aromatic carbocycles. The summed E-state index contributed by atoms with van der Waals surface area (Å²) in [6.45, 7) is 4.97. The SMILES string of the molecule is Cc1cc(S(=O)(=O)[O-])c(C(C)C)cc1OC(=O)c1cc(Br)cc(Br)c1O. The van der Waals surface area contributed by atoms with Crippen LogP contribution in [0.2, 0.25) is 0 Å². The second kappa shape index (κ2) is 7.67. The Kier molecular flexibility index (Phi) is 6.17. The smallest absolute Gasteiger partial charge is 0.347 e. The van der Waals surface area contributed by atoms with Crippen molar-refractivity contribution >= 4 is 47.9 Å². The minimum absolute atomic E-state index is 0.0720. The lowest BCUT2D eigenvalue weighted by molar-refractivity contribution is 0.0730. The molecule has 0 aliphatic heterocycles. The van der Waals surface area contributed by atoms with E-state index >= 15 is 0 Å². The average molecular weight is 507 g/mol. The number of rotatable bonds is 4. The van der Waals surface area contributed by atoms with Gasteiger partial charge in [-0.25, -0.2) is 13.2 Å². The van der Waals surface area contributed by atoms with Crippen LogP contribution in [-0.4, -0.2) is 24.0 Å². The monoisotopic (exact) mass is 505 g/mol. The molecule has 26 heavy (non-hydrogen) atoms. The van der Waals surface area contributed by atoms with E-state index in [-0.39, 0.29) is 33.4 Å². The normalized spacial score (nSPS) is 11.7. The second-order valence-electron chi connectivity index (χ2n) is 5.94. The van der Waals surface area contributed by atoms with Crippen LogP contribution in [0.3, 0.4) is 0 Å². The predicted octanol–water partition coefficient (Wildman–Crippen LogP) is 4.47. The average Bonchev–Trinajstić information content (AvgIpc) is 2.51. The van der Waals surface area contributed by atoms with Gasteiger partial charge in [-0.3, -0.25) is 0 Å². The van der Waals surface area contributed by atoms with Crippen molar-refractivity contribution in [1.29, 1.82) is 0 Å². The van der Waals surface area contributed by atoms with Gasteiger partial charge in [0.25, 0.3) is 0 Å². The fraction of sp³-hybridized carbons (Fsp3) is 0.235. The summed E-state index contributed by atoms with van der Waals surface area (Å²) < 4.78 is 40.6. The molecule has 0 aromatic heterocycles. The number of carbonyl (C=O) groups excluding carboxylic acids is 1. The van der Waals surface area contributed by atoms with Gasteiger partial charge in [0, 0.05) is 4.47 Å². The van der Waals surface area contributed by atoms with E-state index in [0.29, 0.717) is 14.5 Å².